The van der Waals surface area contributed by atoms with E-state index in [1.54, 1.807) is 0 Å². The minimum atomic E-state index is -1.03. The molecule has 0 heterocycles. The predicted octanol–water partition coefficient (Wildman–Crippen LogP) is 14.6. The largest absolute Gasteiger partial charge is 0.480 e. The maximum atomic E-state index is 12.7. The second-order valence-corrected chi connectivity index (χ2v) is 15.3. The predicted molar refractivity (Wildman–Crippen MR) is 240 cm³/mol. The van der Waals surface area contributed by atoms with E-state index in [1.807, 2.05) is 0 Å². The number of hydrogen-bond acceptors (Lipinski definition) is 4. The van der Waals surface area contributed by atoms with Crippen LogP contribution in [0.25, 0.3) is 0 Å². The van der Waals surface area contributed by atoms with Crippen molar-refractivity contribution in [2.45, 2.75) is 219 Å². The van der Waals surface area contributed by atoms with Gasteiger partial charge in [-0.2, -0.15) is 0 Å². The van der Waals surface area contributed by atoms with E-state index in [2.05, 4.69) is 92.1 Å². The second kappa shape index (κ2) is 44.6. The summed E-state index contributed by atoms with van der Waals surface area (Å²) in [4.78, 5) is 35.0. The molecule has 0 aliphatic rings. The van der Waals surface area contributed by atoms with Crippen LogP contribution >= 0.6 is 0 Å². The lowest BCUT2D eigenvalue weighted by Crippen LogP contribution is -2.28. The SMILES string of the molecule is CCCCC/C=C\C/C=C\C/C=C\C(CCCCCCCC(=O)NCC(=O)O)OC(=O)CCCCCCCCCC/C=C\C/C=C\C/C=C\CCCCCCC. The van der Waals surface area contributed by atoms with Crippen LogP contribution in [0.1, 0.15) is 213 Å². The Balaban J connectivity index is 4.17. The average molecular weight is 780 g/mol. The van der Waals surface area contributed by atoms with Crippen molar-refractivity contribution >= 4 is 17.8 Å². The smallest absolute Gasteiger partial charge is 0.322 e. The molecule has 0 saturated heterocycles. The van der Waals surface area contributed by atoms with Gasteiger partial charge in [-0.25, -0.2) is 0 Å². The van der Waals surface area contributed by atoms with Crippen LogP contribution in [-0.2, 0) is 19.1 Å². The molecule has 56 heavy (non-hydrogen) atoms. The molecule has 0 rings (SSSR count). The highest BCUT2D eigenvalue weighted by molar-refractivity contribution is 5.80. The third-order valence-electron chi connectivity index (χ3n) is 9.84. The van der Waals surface area contributed by atoms with Crippen LogP contribution in [0, 0.1) is 0 Å². The van der Waals surface area contributed by atoms with Crippen molar-refractivity contribution in [1.29, 1.82) is 0 Å². The lowest BCUT2D eigenvalue weighted by Gasteiger charge is -2.14. The summed E-state index contributed by atoms with van der Waals surface area (Å²) >= 11 is 0. The molecule has 0 radical (unpaired) electrons. The highest BCUT2D eigenvalue weighted by Crippen LogP contribution is 2.15. The minimum Gasteiger partial charge on any atom is -0.480 e. The highest BCUT2D eigenvalue weighted by atomic mass is 16.5. The fourth-order valence-electron chi connectivity index (χ4n) is 6.39. The van der Waals surface area contributed by atoms with Crippen LogP contribution in [0.3, 0.4) is 0 Å². The van der Waals surface area contributed by atoms with Crippen LogP contribution in [-0.4, -0.2) is 35.6 Å². The van der Waals surface area contributed by atoms with Gasteiger partial charge >= 0.3 is 11.9 Å². The summed E-state index contributed by atoms with van der Waals surface area (Å²) in [5.41, 5.74) is 0. The zero-order chi connectivity index (χ0) is 40.8. The lowest BCUT2D eigenvalue weighted by molar-refractivity contribution is -0.147. The monoisotopic (exact) mass is 780 g/mol. The quantitative estimate of drug-likeness (QED) is 0.0366. The van der Waals surface area contributed by atoms with Gasteiger partial charge in [-0.15, -0.1) is 0 Å². The zero-order valence-electron chi connectivity index (χ0n) is 36.2. The number of carbonyl (C=O) groups excluding carboxylic acids is 2. The Morgan fingerprint density at radius 2 is 0.875 bits per heavy atom. The molecular weight excluding hydrogens is 695 g/mol. The van der Waals surface area contributed by atoms with Crippen molar-refractivity contribution in [3.05, 3.63) is 72.9 Å². The van der Waals surface area contributed by atoms with Gasteiger partial charge in [-0.3, -0.25) is 14.4 Å². The van der Waals surface area contributed by atoms with Crippen LogP contribution in [0.4, 0.5) is 0 Å². The molecule has 320 valence electrons. The molecule has 0 spiro atoms. The van der Waals surface area contributed by atoms with Gasteiger partial charge in [0, 0.05) is 12.8 Å². The van der Waals surface area contributed by atoms with E-state index in [0.717, 1.165) is 83.5 Å². The third-order valence-corrected chi connectivity index (χ3v) is 9.84. The van der Waals surface area contributed by atoms with E-state index in [1.165, 1.54) is 103 Å². The standard InChI is InChI=1S/C50H85NO5/c1-3-5-7-9-11-13-15-16-17-18-19-20-21-22-23-24-25-26-28-30-32-37-41-45-50(55)56-47(42-38-34-31-29-27-14-12-10-8-6-4-2)43-39-35-33-36-40-44-48(52)51-46-49(53)54/h12,14-16,18-19,21-22,29,31,38,42,47H,3-11,13,17,20,23-28,30,32-37,39-41,43-46H2,1-2H3,(H,51,52)(H,53,54)/b14-12-,16-15-,19-18-,22-21-,31-29-,42-38-. The molecule has 0 aromatic carbocycles. The van der Waals surface area contributed by atoms with Crippen molar-refractivity contribution < 1.29 is 24.2 Å². The first-order valence-electron chi connectivity index (χ1n) is 23.1. The van der Waals surface area contributed by atoms with Crippen LogP contribution in [0.2, 0.25) is 0 Å². The molecule has 1 unspecified atom stereocenters. The number of ether oxygens (including phenoxy) is 1. The van der Waals surface area contributed by atoms with Crippen molar-refractivity contribution in [3.8, 4) is 0 Å². The van der Waals surface area contributed by atoms with Gasteiger partial charge in [0.1, 0.15) is 12.6 Å². The van der Waals surface area contributed by atoms with Gasteiger partial charge in [0.05, 0.1) is 0 Å². The third kappa shape index (κ3) is 43.6. The Hall–Kier alpha value is -3.15. The molecule has 1 amide bonds. The summed E-state index contributed by atoms with van der Waals surface area (Å²) < 4.78 is 5.92. The van der Waals surface area contributed by atoms with Gasteiger partial charge in [0.2, 0.25) is 5.91 Å². The molecule has 0 aromatic rings. The minimum absolute atomic E-state index is 0.0975. The van der Waals surface area contributed by atoms with Gasteiger partial charge in [0.15, 0.2) is 0 Å². The maximum Gasteiger partial charge on any atom is 0.322 e. The van der Waals surface area contributed by atoms with E-state index in [-0.39, 0.29) is 24.5 Å². The summed E-state index contributed by atoms with van der Waals surface area (Å²) in [5, 5.41) is 11.1. The number of esters is 1. The van der Waals surface area contributed by atoms with E-state index >= 15 is 0 Å². The first-order valence-corrected chi connectivity index (χ1v) is 23.1. The molecule has 1 atom stereocenters. The summed E-state index contributed by atoms with van der Waals surface area (Å²) in [5.74, 6) is -1.34. The Labute approximate surface area is 344 Å². The Kier molecular flexibility index (Phi) is 42.1. The van der Waals surface area contributed by atoms with E-state index in [0.29, 0.717) is 12.8 Å². The Morgan fingerprint density at radius 1 is 0.482 bits per heavy atom. The number of carboxylic acids is 1. The normalized spacial score (nSPS) is 12.8. The number of amides is 1. The average Bonchev–Trinajstić information content (AvgIpc) is 3.18. The molecule has 6 nitrogen and oxygen atoms in total. The first-order chi connectivity index (χ1) is 27.5. The highest BCUT2D eigenvalue weighted by Gasteiger charge is 2.11. The molecule has 2 N–H and O–H groups in total. The molecule has 0 aliphatic carbocycles. The fourth-order valence-corrected chi connectivity index (χ4v) is 6.39. The summed E-state index contributed by atoms with van der Waals surface area (Å²) in [6.45, 7) is 4.17. The zero-order valence-corrected chi connectivity index (χ0v) is 36.2. The van der Waals surface area contributed by atoms with Crippen molar-refractivity contribution in [2.75, 3.05) is 6.54 Å². The van der Waals surface area contributed by atoms with Crippen LogP contribution in [0.15, 0.2) is 72.9 Å². The number of hydrogen-bond donors (Lipinski definition) is 2. The van der Waals surface area contributed by atoms with Gasteiger partial charge in [-0.1, -0.05) is 177 Å². The summed E-state index contributed by atoms with van der Waals surface area (Å²) in [7, 11) is 0. The molecule has 0 fully saturated rings. The number of carboxylic acid groups (broad SMARTS) is 1. The molecule has 6 heteroatoms. The summed E-state index contributed by atoms with van der Waals surface area (Å²) in [6.07, 6.45) is 60.5. The first kappa shape index (κ1) is 52.9. The van der Waals surface area contributed by atoms with Crippen molar-refractivity contribution in [3.63, 3.8) is 0 Å². The number of carbonyl (C=O) groups is 3. The number of nitrogens with one attached hydrogen (secondary N) is 1. The summed E-state index contributed by atoms with van der Waals surface area (Å²) in [6, 6.07) is 0. The van der Waals surface area contributed by atoms with Gasteiger partial charge < -0.3 is 15.2 Å². The number of allylic oxidation sites excluding steroid dienone is 11. The topological polar surface area (TPSA) is 92.7 Å². The fraction of sp³-hybridized carbons (Fsp3) is 0.700. The molecular formula is C50H85NO5. The van der Waals surface area contributed by atoms with Crippen molar-refractivity contribution in [2.24, 2.45) is 0 Å². The lowest BCUT2D eigenvalue weighted by atomic mass is 10.1. The Bertz CT molecular complexity index is 1090. The van der Waals surface area contributed by atoms with E-state index in [4.69, 9.17) is 9.84 Å². The number of aliphatic carboxylic acids is 1. The molecule has 0 saturated carbocycles. The van der Waals surface area contributed by atoms with Gasteiger partial charge in [0.25, 0.3) is 0 Å². The van der Waals surface area contributed by atoms with E-state index < -0.39 is 5.97 Å². The number of unbranched alkanes of at least 4 members (excludes halogenated alkanes) is 20. The molecule has 0 aliphatic heterocycles. The number of rotatable bonds is 41. The van der Waals surface area contributed by atoms with Crippen LogP contribution < -0.4 is 5.32 Å². The molecule has 0 aromatic heterocycles. The maximum absolute atomic E-state index is 12.7. The Morgan fingerprint density at radius 3 is 1.39 bits per heavy atom. The van der Waals surface area contributed by atoms with Crippen molar-refractivity contribution in [1.82, 2.24) is 5.32 Å². The van der Waals surface area contributed by atoms with Crippen LogP contribution in [0.5, 0.6) is 0 Å². The van der Waals surface area contributed by atoms with Gasteiger partial charge in [-0.05, 0) is 96.0 Å². The second-order valence-electron chi connectivity index (χ2n) is 15.3. The molecule has 0 bridgehead atoms. The van der Waals surface area contributed by atoms with E-state index in [9.17, 15) is 14.4 Å².